The van der Waals surface area contributed by atoms with Crippen LogP contribution in [-0.4, -0.2) is 48.2 Å². The number of carboxylic acids is 1. The summed E-state index contributed by atoms with van der Waals surface area (Å²) >= 11 is 0. The molecule has 3 aliphatic rings. The van der Waals surface area contributed by atoms with E-state index in [1.807, 2.05) is 12.1 Å². The van der Waals surface area contributed by atoms with Gasteiger partial charge in [0.15, 0.2) is 0 Å². The van der Waals surface area contributed by atoms with E-state index in [0.717, 1.165) is 19.1 Å². The zero-order chi connectivity index (χ0) is 16.6. The number of aromatic carboxylic acids is 1. The van der Waals surface area contributed by atoms with Crippen molar-refractivity contribution < 1.29 is 9.90 Å². The van der Waals surface area contributed by atoms with Crippen molar-refractivity contribution in [1.82, 2.24) is 4.90 Å². The smallest absolute Gasteiger partial charge is 0.335 e. The van der Waals surface area contributed by atoms with Crippen LogP contribution in [0.5, 0.6) is 0 Å². The van der Waals surface area contributed by atoms with Gasteiger partial charge in [-0.25, -0.2) is 4.79 Å². The zero-order valence-corrected chi connectivity index (χ0v) is 14.4. The van der Waals surface area contributed by atoms with E-state index in [-0.39, 0.29) is 0 Å². The Labute approximate surface area is 144 Å². The number of nitrogens with zero attached hydrogens (tertiary/aromatic N) is 2. The van der Waals surface area contributed by atoms with E-state index in [1.165, 1.54) is 63.7 Å². The quantitative estimate of drug-likeness (QED) is 0.920. The first-order valence-corrected chi connectivity index (χ1v) is 9.48. The molecular formula is C20H28N2O2. The van der Waals surface area contributed by atoms with E-state index in [2.05, 4.69) is 9.80 Å². The number of anilines is 1. The molecule has 0 radical (unpaired) electrons. The highest BCUT2D eigenvalue weighted by Crippen LogP contribution is 2.43. The monoisotopic (exact) mass is 328 g/mol. The molecule has 0 unspecified atom stereocenters. The molecule has 4 rings (SSSR count). The minimum Gasteiger partial charge on any atom is -0.478 e. The van der Waals surface area contributed by atoms with Gasteiger partial charge in [-0.15, -0.1) is 0 Å². The fourth-order valence-electron chi connectivity index (χ4n) is 4.67. The van der Waals surface area contributed by atoms with Crippen molar-refractivity contribution in [3.63, 3.8) is 0 Å². The Kier molecular flexibility index (Phi) is 4.25. The Hall–Kier alpha value is -1.55. The minimum absolute atomic E-state index is 0.371. The van der Waals surface area contributed by atoms with Crippen molar-refractivity contribution in [2.45, 2.75) is 51.0 Å². The van der Waals surface area contributed by atoms with Crippen LogP contribution in [0.1, 0.15) is 55.3 Å². The molecule has 1 aromatic rings. The maximum atomic E-state index is 11.0. The van der Waals surface area contributed by atoms with Crippen molar-refractivity contribution in [3.8, 4) is 0 Å². The van der Waals surface area contributed by atoms with Gasteiger partial charge < -0.3 is 14.9 Å². The summed E-state index contributed by atoms with van der Waals surface area (Å²) < 4.78 is 0. The first-order valence-electron chi connectivity index (χ1n) is 9.48. The van der Waals surface area contributed by atoms with Crippen molar-refractivity contribution in [2.24, 2.45) is 5.41 Å². The standard InChI is InChI=1S/C20H28N2O2/c23-19(24)16-4-6-18(7-5-16)22-14-10-20(11-15-22)8-12-21(13-9-20)17-2-1-3-17/h4-7,17H,1-3,8-15H2,(H,23,24). The molecule has 4 heteroatoms. The van der Waals surface area contributed by atoms with Crippen LogP contribution >= 0.6 is 0 Å². The largest absolute Gasteiger partial charge is 0.478 e. The van der Waals surface area contributed by atoms with Gasteiger partial charge in [0.25, 0.3) is 0 Å². The molecule has 2 heterocycles. The van der Waals surface area contributed by atoms with E-state index in [1.54, 1.807) is 12.1 Å². The molecule has 2 saturated heterocycles. The Morgan fingerprint density at radius 3 is 2.04 bits per heavy atom. The number of piperidine rings is 2. The number of carbonyl (C=O) groups is 1. The van der Waals surface area contributed by atoms with Gasteiger partial charge in [-0.3, -0.25) is 0 Å². The molecule has 0 aromatic heterocycles. The van der Waals surface area contributed by atoms with Gasteiger partial charge in [-0.05, 0) is 81.3 Å². The first-order chi connectivity index (χ1) is 11.7. The second-order valence-electron chi connectivity index (χ2n) is 7.96. The fourth-order valence-corrected chi connectivity index (χ4v) is 4.67. The second kappa shape index (κ2) is 6.40. The molecular weight excluding hydrogens is 300 g/mol. The van der Waals surface area contributed by atoms with Crippen LogP contribution in [0.4, 0.5) is 5.69 Å². The maximum absolute atomic E-state index is 11.0. The molecule has 1 spiro atoms. The summed E-state index contributed by atoms with van der Waals surface area (Å²) in [6.07, 6.45) is 9.59. The third kappa shape index (κ3) is 3.04. The van der Waals surface area contributed by atoms with Gasteiger partial charge in [0.2, 0.25) is 0 Å². The lowest BCUT2D eigenvalue weighted by molar-refractivity contribution is 0.0306. The van der Waals surface area contributed by atoms with Crippen LogP contribution in [0.2, 0.25) is 0 Å². The molecule has 24 heavy (non-hydrogen) atoms. The molecule has 4 nitrogen and oxygen atoms in total. The molecule has 0 bridgehead atoms. The van der Waals surface area contributed by atoms with Gasteiger partial charge in [0.05, 0.1) is 5.56 Å². The van der Waals surface area contributed by atoms with Crippen LogP contribution in [0.15, 0.2) is 24.3 Å². The summed E-state index contributed by atoms with van der Waals surface area (Å²) in [6, 6.07) is 8.26. The maximum Gasteiger partial charge on any atom is 0.335 e. The number of hydrogen-bond acceptors (Lipinski definition) is 3. The average Bonchev–Trinajstić information content (AvgIpc) is 2.56. The lowest BCUT2D eigenvalue weighted by Gasteiger charge is -2.50. The fraction of sp³-hybridized carbons (Fsp3) is 0.650. The summed E-state index contributed by atoms with van der Waals surface area (Å²) in [5.74, 6) is -0.850. The lowest BCUT2D eigenvalue weighted by Crippen LogP contribution is -2.50. The van der Waals surface area contributed by atoms with Crippen LogP contribution in [0.25, 0.3) is 0 Å². The van der Waals surface area contributed by atoms with Crippen molar-refractivity contribution in [3.05, 3.63) is 29.8 Å². The van der Waals surface area contributed by atoms with Gasteiger partial charge in [0.1, 0.15) is 0 Å². The number of likely N-dealkylation sites (tertiary alicyclic amines) is 1. The van der Waals surface area contributed by atoms with Gasteiger partial charge in [-0.2, -0.15) is 0 Å². The second-order valence-corrected chi connectivity index (χ2v) is 7.96. The molecule has 0 atom stereocenters. The molecule has 1 N–H and O–H groups in total. The van der Waals surface area contributed by atoms with Crippen LogP contribution < -0.4 is 4.90 Å². The predicted octanol–water partition coefficient (Wildman–Crippen LogP) is 3.62. The number of hydrogen-bond donors (Lipinski definition) is 1. The highest BCUT2D eigenvalue weighted by Gasteiger charge is 2.39. The van der Waals surface area contributed by atoms with Crippen molar-refractivity contribution >= 4 is 11.7 Å². The lowest BCUT2D eigenvalue weighted by atomic mass is 9.70. The minimum atomic E-state index is -0.850. The van der Waals surface area contributed by atoms with Gasteiger partial charge in [-0.1, -0.05) is 6.42 Å². The van der Waals surface area contributed by atoms with E-state index in [9.17, 15) is 4.79 Å². The molecule has 3 fully saturated rings. The van der Waals surface area contributed by atoms with E-state index >= 15 is 0 Å². The third-order valence-corrected chi connectivity index (χ3v) is 6.75. The first kappa shape index (κ1) is 15.9. The Morgan fingerprint density at radius 1 is 0.958 bits per heavy atom. The Balaban J connectivity index is 1.32. The average molecular weight is 328 g/mol. The van der Waals surface area contributed by atoms with E-state index < -0.39 is 5.97 Å². The third-order valence-electron chi connectivity index (χ3n) is 6.75. The molecule has 1 aromatic carbocycles. The topological polar surface area (TPSA) is 43.8 Å². The van der Waals surface area contributed by atoms with Gasteiger partial charge in [0, 0.05) is 24.8 Å². The highest BCUT2D eigenvalue weighted by atomic mass is 16.4. The Morgan fingerprint density at radius 2 is 1.54 bits per heavy atom. The summed E-state index contributed by atoms with van der Waals surface area (Å²) in [4.78, 5) is 16.1. The van der Waals surface area contributed by atoms with E-state index in [4.69, 9.17) is 5.11 Å². The summed E-state index contributed by atoms with van der Waals surface area (Å²) in [5.41, 5.74) is 2.11. The zero-order valence-electron chi connectivity index (χ0n) is 14.4. The molecule has 2 aliphatic heterocycles. The molecule has 1 saturated carbocycles. The SMILES string of the molecule is O=C(O)c1ccc(N2CCC3(CC2)CCN(C2CCC2)CC3)cc1. The number of rotatable bonds is 3. The number of benzene rings is 1. The predicted molar refractivity (Wildman–Crippen MR) is 95.7 cm³/mol. The van der Waals surface area contributed by atoms with Crippen molar-refractivity contribution in [1.29, 1.82) is 0 Å². The molecule has 130 valence electrons. The van der Waals surface area contributed by atoms with Crippen molar-refractivity contribution in [2.75, 3.05) is 31.1 Å². The van der Waals surface area contributed by atoms with E-state index in [0.29, 0.717) is 11.0 Å². The highest BCUT2D eigenvalue weighted by molar-refractivity contribution is 5.88. The Bertz CT molecular complexity index is 576. The number of carboxylic acid groups (broad SMARTS) is 1. The summed E-state index contributed by atoms with van der Waals surface area (Å²) in [6.45, 7) is 4.82. The summed E-state index contributed by atoms with van der Waals surface area (Å²) in [7, 11) is 0. The van der Waals surface area contributed by atoms with Crippen LogP contribution in [0.3, 0.4) is 0 Å². The molecule has 0 amide bonds. The van der Waals surface area contributed by atoms with Crippen LogP contribution in [-0.2, 0) is 0 Å². The molecule has 1 aliphatic carbocycles. The summed E-state index contributed by atoms with van der Waals surface area (Å²) in [5, 5.41) is 9.02. The normalized spacial score (nSPS) is 24.8. The van der Waals surface area contributed by atoms with Crippen LogP contribution in [0, 0.1) is 5.41 Å². The van der Waals surface area contributed by atoms with Gasteiger partial charge >= 0.3 is 5.97 Å².